The molecule has 158 valence electrons. The van der Waals surface area contributed by atoms with Crippen LogP contribution in [0, 0.1) is 0 Å². The number of nitrogens with zero attached hydrogens (tertiary/aromatic N) is 2. The summed E-state index contributed by atoms with van der Waals surface area (Å²) in [6, 6.07) is 11.8. The van der Waals surface area contributed by atoms with Gasteiger partial charge in [0.2, 0.25) is 5.91 Å². The Bertz CT molecular complexity index is 1060. The maximum Gasteiger partial charge on any atom is 0.265 e. The van der Waals surface area contributed by atoms with Gasteiger partial charge in [-0.15, -0.1) is 6.58 Å². The highest BCUT2D eigenvalue weighted by atomic mass is 16.5. The lowest BCUT2D eigenvalue weighted by Gasteiger charge is -2.28. The molecular formula is C23H21N3O5. The van der Waals surface area contributed by atoms with E-state index in [9.17, 15) is 19.2 Å². The maximum absolute atomic E-state index is 12.4. The molecular weight excluding hydrogens is 398 g/mol. The van der Waals surface area contributed by atoms with Gasteiger partial charge in [0.15, 0.2) is 6.61 Å². The third-order valence-corrected chi connectivity index (χ3v) is 5.16. The van der Waals surface area contributed by atoms with Gasteiger partial charge in [-0.3, -0.25) is 24.1 Å². The van der Waals surface area contributed by atoms with Crippen LogP contribution in [0.15, 0.2) is 55.1 Å². The summed E-state index contributed by atoms with van der Waals surface area (Å²) in [7, 11) is 0. The van der Waals surface area contributed by atoms with E-state index >= 15 is 0 Å². The first-order valence-corrected chi connectivity index (χ1v) is 9.93. The van der Waals surface area contributed by atoms with Crippen LogP contribution < -0.4 is 15.0 Å². The maximum atomic E-state index is 12.4. The lowest BCUT2D eigenvalue weighted by Crippen LogP contribution is -2.38. The van der Waals surface area contributed by atoms with E-state index in [2.05, 4.69) is 11.9 Å². The van der Waals surface area contributed by atoms with Gasteiger partial charge in [0.25, 0.3) is 17.7 Å². The summed E-state index contributed by atoms with van der Waals surface area (Å²) < 4.78 is 5.48. The zero-order valence-corrected chi connectivity index (χ0v) is 16.8. The third kappa shape index (κ3) is 3.92. The van der Waals surface area contributed by atoms with Crippen molar-refractivity contribution >= 4 is 35.0 Å². The summed E-state index contributed by atoms with van der Waals surface area (Å²) >= 11 is 0. The highest BCUT2D eigenvalue weighted by molar-refractivity contribution is 6.21. The highest BCUT2D eigenvalue weighted by Crippen LogP contribution is 2.34. The summed E-state index contributed by atoms with van der Waals surface area (Å²) in [6.45, 7) is 4.14. The zero-order valence-electron chi connectivity index (χ0n) is 16.8. The second kappa shape index (κ2) is 8.43. The Labute approximate surface area is 179 Å². The Balaban J connectivity index is 1.33. The number of carbonyl (C=O) groups is 4. The molecule has 0 aromatic heterocycles. The zero-order chi connectivity index (χ0) is 22.0. The van der Waals surface area contributed by atoms with E-state index in [1.54, 1.807) is 53.4 Å². The van der Waals surface area contributed by atoms with E-state index in [4.69, 9.17) is 4.74 Å². The van der Waals surface area contributed by atoms with Crippen LogP contribution in [0.2, 0.25) is 0 Å². The van der Waals surface area contributed by atoms with Crippen molar-refractivity contribution in [2.75, 3.05) is 29.9 Å². The first-order valence-electron chi connectivity index (χ1n) is 9.93. The van der Waals surface area contributed by atoms with Gasteiger partial charge in [-0.05, 0) is 30.7 Å². The number of benzene rings is 2. The molecule has 0 aliphatic carbocycles. The SMILES string of the molecule is C=CCN1C(=O)COc2cc(NC(=O)CCCN3C(=O)c4ccccc4C3=O)ccc21. The van der Waals surface area contributed by atoms with E-state index in [0.29, 0.717) is 41.2 Å². The van der Waals surface area contributed by atoms with E-state index < -0.39 is 0 Å². The number of nitrogens with one attached hydrogen (secondary N) is 1. The molecule has 0 radical (unpaired) electrons. The number of ether oxygens (including phenoxy) is 1. The average molecular weight is 419 g/mol. The molecule has 2 aliphatic heterocycles. The molecule has 2 heterocycles. The molecule has 8 heteroatoms. The number of carbonyl (C=O) groups excluding carboxylic acids is 4. The fraction of sp³-hybridized carbons (Fsp3) is 0.217. The number of amides is 4. The van der Waals surface area contributed by atoms with Crippen molar-refractivity contribution in [2.24, 2.45) is 0 Å². The molecule has 4 rings (SSSR count). The molecule has 1 N–H and O–H groups in total. The van der Waals surface area contributed by atoms with Crippen LogP contribution in [0.25, 0.3) is 0 Å². The first kappa shape index (κ1) is 20.3. The lowest BCUT2D eigenvalue weighted by molar-refractivity contribution is -0.121. The van der Waals surface area contributed by atoms with Crippen molar-refractivity contribution in [3.05, 3.63) is 66.2 Å². The van der Waals surface area contributed by atoms with Crippen LogP contribution in [0.5, 0.6) is 5.75 Å². The summed E-state index contributed by atoms with van der Waals surface area (Å²) in [4.78, 5) is 51.8. The number of hydrogen-bond acceptors (Lipinski definition) is 5. The van der Waals surface area contributed by atoms with Crippen LogP contribution in [0.4, 0.5) is 11.4 Å². The van der Waals surface area contributed by atoms with Crippen LogP contribution in [-0.2, 0) is 9.59 Å². The summed E-state index contributed by atoms with van der Waals surface area (Å²) in [5, 5.41) is 2.78. The first-order chi connectivity index (χ1) is 15.0. The van der Waals surface area contributed by atoms with E-state index in [0.717, 1.165) is 0 Å². The molecule has 0 unspecified atom stereocenters. The standard InChI is InChI=1S/C23H21N3O5/c1-2-11-25-18-10-9-15(13-19(18)31-14-21(25)28)24-20(27)8-5-12-26-22(29)16-6-3-4-7-17(16)23(26)30/h2-4,6-7,9-10,13H,1,5,8,11-12,14H2,(H,24,27). The van der Waals surface area contributed by atoms with E-state index in [1.807, 2.05) is 0 Å². The molecule has 2 aromatic rings. The largest absolute Gasteiger partial charge is 0.481 e. The molecule has 0 bridgehead atoms. The predicted octanol–water partition coefficient (Wildman–Crippen LogP) is 2.61. The minimum Gasteiger partial charge on any atom is -0.481 e. The smallest absolute Gasteiger partial charge is 0.265 e. The van der Waals surface area contributed by atoms with Crippen LogP contribution in [-0.4, -0.2) is 48.2 Å². The molecule has 2 aromatic carbocycles. The second-order valence-corrected chi connectivity index (χ2v) is 7.22. The quantitative estimate of drug-likeness (QED) is 0.550. The second-order valence-electron chi connectivity index (χ2n) is 7.22. The average Bonchev–Trinajstić information content (AvgIpc) is 3.01. The van der Waals surface area contributed by atoms with E-state index in [1.165, 1.54) is 4.90 Å². The number of rotatable bonds is 7. The monoisotopic (exact) mass is 419 g/mol. The van der Waals surface area contributed by atoms with Crippen LogP contribution in [0.3, 0.4) is 0 Å². The summed E-state index contributed by atoms with van der Waals surface area (Å²) in [5.41, 5.74) is 1.96. The van der Waals surface area contributed by atoms with Crippen molar-refractivity contribution in [3.63, 3.8) is 0 Å². The fourth-order valence-corrected chi connectivity index (χ4v) is 3.67. The van der Waals surface area contributed by atoms with Crippen molar-refractivity contribution in [1.82, 2.24) is 4.90 Å². The summed E-state index contributed by atoms with van der Waals surface area (Å²) in [5.74, 6) is -0.549. The molecule has 0 spiro atoms. The van der Waals surface area contributed by atoms with Crippen molar-refractivity contribution in [3.8, 4) is 5.75 Å². The number of anilines is 2. The van der Waals surface area contributed by atoms with Gasteiger partial charge in [0.05, 0.1) is 16.8 Å². The van der Waals surface area contributed by atoms with Gasteiger partial charge in [-0.2, -0.15) is 0 Å². The normalized spacial score (nSPS) is 14.8. The minimum absolute atomic E-state index is 0.0709. The minimum atomic E-state index is -0.327. The molecule has 4 amide bonds. The molecule has 0 saturated heterocycles. The van der Waals surface area contributed by atoms with Gasteiger partial charge in [0, 0.05) is 31.3 Å². The van der Waals surface area contributed by atoms with Gasteiger partial charge in [-0.1, -0.05) is 18.2 Å². The molecule has 8 nitrogen and oxygen atoms in total. The molecule has 0 saturated carbocycles. The van der Waals surface area contributed by atoms with Crippen molar-refractivity contribution < 1.29 is 23.9 Å². The van der Waals surface area contributed by atoms with Crippen molar-refractivity contribution in [2.45, 2.75) is 12.8 Å². The van der Waals surface area contributed by atoms with Crippen LogP contribution in [0.1, 0.15) is 33.6 Å². The Hall–Kier alpha value is -3.94. The number of imide groups is 1. The third-order valence-electron chi connectivity index (χ3n) is 5.16. The number of fused-ring (bicyclic) bond motifs is 2. The topological polar surface area (TPSA) is 96.0 Å². The lowest BCUT2D eigenvalue weighted by atomic mass is 10.1. The summed E-state index contributed by atoms with van der Waals surface area (Å²) in [6.07, 6.45) is 2.13. The Morgan fingerprint density at radius 3 is 2.45 bits per heavy atom. The predicted molar refractivity (Wildman–Crippen MR) is 114 cm³/mol. The molecule has 0 atom stereocenters. The molecule has 2 aliphatic rings. The van der Waals surface area contributed by atoms with Gasteiger partial charge >= 0.3 is 0 Å². The van der Waals surface area contributed by atoms with Gasteiger partial charge in [0.1, 0.15) is 5.75 Å². The van der Waals surface area contributed by atoms with Gasteiger partial charge in [-0.25, -0.2) is 0 Å². The number of hydrogen-bond donors (Lipinski definition) is 1. The van der Waals surface area contributed by atoms with Crippen LogP contribution >= 0.6 is 0 Å². The Morgan fingerprint density at radius 2 is 1.77 bits per heavy atom. The highest BCUT2D eigenvalue weighted by Gasteiger charge is 2.34. The van der Waals surface area contributed by atoms with Gasteiger partial charge < -0.3 is 15.0 Å². The fourth-order valence-electron chi connectivity index (χ4n) is 3.67. The Kier molecular flexibility index (Phi) is 5.53. The Morgan fingerprint density at radius 1 is 1.06 bits per heavy atom. The van der Waals surface area contributed by atoms with E-state index in [-0.39, 0.29) is 43.2 Å². The molecule has 0 fully saturated rings. The molecule has 31 heavy (non-hydrogen) atoms. The van der Waals surface area contributed by atoms with Crippen molar-refractivity contribution in [1.29, 1.82) is 0 Å².